The number of aromatic hydroxyl groups is 2. The van der Waals surface area contributed by atoms with Gasteiger partial charge in [0.1, 0.15) is 211 Å². The second-order valence-corrected chi connectivity index (χ2v) is 35.2. The number of allylic oxidation sites excluding steroid dienone is 2. The number of ether oxygens (including phenoxy) is 18. The molecule has 23 aliphatic heterocycles. The SMILES string of the molecule is CO[C@H]1/C=C/O[C@@]2(C)Oc3c(C)c(O)c4c(O)c(c5c(nc6cc(C)ccn65)c4c3C2=O)NC(=O)/C(C)=C\C=C\[C@H](C)[C@H](O)[C@@H](C)[C@@H](O)[C@@H](C)[C@H](OC(C)=O)[C@@H]1C.OC[C@H]1O[C@@H]2O[C@H]3[C@H](O)[C@@H](O)[C@@H](O[C@H]4[C@H](O)[C@@H](O)[C@@H](O[C@H]5[C@H](O)[C@@H](O)[C@@H](O[C@H]6[C@H](O)[C@@H](O)[C@@H](O[C@H]7[C@H](O)[C@@H](O)[C@@H](O[C@H]8[C@H](O)[C@@H](O)[C@@H](O[C@H]1[C@H](O)[C@H]2O)O[C@@H]8CO)O[C@@H]7CO)O[C@@H]6CO)O[C@@H]5CO)O[C@@H]4CO)O[C@@H]3CO. The molecule has 49 nitrogen and oxygen atoms in total. The van der Waals surface area contributed by atoms with Gasteiger partial charge in [0.25, 0.3) is 11.7 Å². The first-order valence-electron chi connectivity index (χ1n) is 43.6. The molecular formula is C85H121N3O46. The monoisotopic (exact) mass is 1920 g/mol. The molecule has 4 aromatic rings. The van der Waals surface area contributed by atoms with Crippen molar-refractivity contribution in [1.29, 1.82) is 0 Å². The molecule has 23 aliphatic rings. The van der Waals surface area contributed by atoms with E-state index < -0.39 is 338 Å². The van der Waals surface area contributed by atoms with Crippen molar-refractivity contribution in [3.63, 3.8) is 0 Å². The minimum Gasteiger partial charge on any atom is -0.507 e. The van der Waals surface area contributed by atoms with Gasteiger partial charge in [-0.15, -0.1) is 0 Å². The average Bonchev–Trinajstić information content (AvgIpc) is 1.53. The molecule has 1 amide bonds. The Morgan fingerprint density at radius 2 is 0.828 bits per heavy atom. The number of benzene rings is 2. The number of amides is 1. The Balaban J connectivity index is 0.000000238. The quantitative estimate of drug-likeness (QED) is 0.0547. The summed E-state index contributed by atoms with van der Waals surface area (Å²) in [7, 11) is 1.46. The van der Waals surface area contributed by atoms with E-state index in [1.165, 1.54) is 40.2 Å². The molecule has 0 spiro atoms. The predicted molar refractivity (Wildman–Crippen MR) is 442 cm³/mol. The van der Waals surface area contributed by atoms with Crippen LogP contribution in [0.5, 0.6) is 17.2 Å². The van der Waals surface area contributed by atoms with Crippen LogP contribution in [0.3, 0.4) is 0 Å². The summed E-state index contributed by atoms with van der Waals surface area (Å²) in [5.74, 6) is -6.96. The lowest BCUT2D eigenvalue weighted by Gasteiger charge is -2.50. The first-order valence-corrected chi connectivity index (χ1v) is 43.6. The van der Waals surface area contributed by atoms with Crippen molar-refractivity contribution in [3.8, 4) is 17.2 Å². The predicted octanol–water partition coefficient (Wildman–Crippen LogP) is -9.07. The van der Waals surface area contributed by atoms with Gasteiger partial charge in [-0.3, -0.25) is 18.8 Å². The third-order valence-corrected chi connectivity index (χ3v) is 26.3. The van der Waals surface area contributed by atoms with Gasteiger partial charge in [0, 0.05) is 67.3 Å². The van der Waals surface area contributed by atoms with Crippen LogP contribution in [0, 0.1) is 37.5 Å². The molecule has 21 fully saturated rings. The molecular weight excluding hydrogens is 1800 g/mol. The van der Waals surface area contributed by atoms with Crippen LogP contribution in [0.4, 0.5) is 5.69 Å². The van der Waals surface area contributed by atoms with Crippen LogP contribution in [0.25, 0.3) is 27.5 Å². The van der Waals surface area contributed by atoms with Crippen molar-refractivity contribution >= 4 is 50.8 Å². The number of pyridine rings is 1. The van der Waals surface area contributed by atoms with Gasteiger partial charge in [-0.25, -0.2) is 4.98 Å². The molecule has 0 radical (unpaired) electrons. The molecule has 21 saturated heterocycles. The second-order valence-electron chi connectivity index (χ2n) is 35.2. The van der Waals surface area contributed by atoms with Crippen molar-refractivity contribution in [3.05, 3.63) is 71.2 Å². The van der Waals surface area contributed by atoms with E-state index in [0.717, 1.165) is 5.56 Å². The van der Waals surface area contributed by atoms with E-state index in [4.69, 9.17) is 90.2 Å². The minimum atomic E-state index is -2.21. The van der Waals surface area contributed by atoms with E-state index in [1.54, 1.807) is 63.4 Å². The van der Waals surface area contributed by atoms with Gasteiger partial charge >= 0.3 is 11.8 Å². The van der Waals surface area contributed by atoms with Gasteiger partial charge in [0.15, 0.2) is 49.8 Å². The van der Waals surface area contributed by atoms with Crippen molar-refractivity contribution in [2.45, 2.75) is 307 Å². The van der Waals surface area contributed by atoms with Crippen LogP contribution in [0.15, 0.2) is 54.5 Å². The topological polar surface area (TPSA) is 752 Å². The molecule has 26 N–H and O–H groups in total. The summed E-state index contributed by atoms with van der Waals surface area (Å²) in [6.07, 6.45) is -64.6. The maximum atomic E-state index is 14.6. The number of carbonyl (C=O) groups excluding carboxylic acids is 3. The fraction of sp³-hybridized carbons (Fsp3) is 0.718. The number of esters is 1. The summed E-state index contributed by atoms with van der Waals surface area (Å²) >= 11 is 0. The first-order chi connectivity index (χ1) is 63.5. The van der Waals surface area contributed by atoms with Crippen LogP contribution in [0.1, 0.15) is 70.0 Å². The molecule has 49 heteroatoms. The van der Waals surface area contributed by atoms with Crippen molar-refractivity contribution < 1.29 is 227 Å². The number of aromatic nitrogens is 2. The van der Waals surface area contributed by atoms with Crippen LogP contribution in [0.2, 0.25) is 0 Å². The second kappa shape index (κ2) is 43.1. The van der Waals surface area contributed by atoms with Gasteiger partial charge in [-0.1, -0.05) is 45.9 Å². The van der Waals surface area contributed by atoms with Gasteiger partial charge in [0.05, 0.1) is 81.8 Å². The summed E-state index contributed by atoms with van der Waals surface area (Å²) < 4.78 is 105. The number of imidazole rings is 1. The average molecular weight is 1920 g/mol. The van der Waals surface area contributed by atoms with Crippen LogP contribution in [-0.2, 0) is 90.1 Å². The summed E-state index contributed by atoms with van der Waals surface area (Å²) in [4.78, 5) is 45.6. The van der Waals surface area contributed by atoms with Crippen molar-refractivity contribution in [2.24, 2.45) is 23.7 Å². The maximum Gasteiger partial charge on any atom is 0.312 e. The minimum absolute atomic E-state index is 0.0185. The lowest BCUT2D eigenvalue weighted by molar-refractivity contribution is -0.396. The molecule has 0 aliphatic carbocycles. The van der Waals surface area contributed by atoms with E-state index >= 15 is 0 Å². The molecule has 0 saturated carbocycles. The Bertz CT molecular complexity index is 4430. The maximum absolute atomic E-state index is 14.6. The highest BCUT2D eigenvalue weighted by Crippen LogP contribution is 2.55. The number of fused-ring (bicyclic) bond motifs is 2. The number of aryl methyl sites for hydroxylation is 1. The number of nitrogens with one attached hydrogen (secondary N) is 1. The molecule has 0 unspecified atom stereocenters. The number of methoxy groups -OCH3 is 1. The van der Waals surface area contributed by atoms with Crippen molar-refractivity contribution in [1.82, 2.24) is 9.38 Å². The number of phenols is 2. The van der Waals surface area contributed by atoms with E-state index in [2.05, 4.69) is 5.32 Å². The van der Waals surface area contributed by atoms with Crippen LogP contribution < -0.4 is 10.1 Å². The number of rotatable bonds is 9. The Hall–Kier alpha value is -6.84. The third kappa shape index (κ3) is 20.1. The Morgan fingerprint density at radius 3 is 1.16 bits per heavy atom. The Labute approximate surface area is 762 Å². The fourth-order valence-corrected chi connectivity index (χ4v) is 18.4. The number of ketones is 1. The highest BCUT2D eigenvalue weighted by molar-refractivity contribution is 6.28. The number of phenolic OH excluding ortho intramolecular Hbond substituents is 2. The zero-order valence-electron chi connectivity index (χ0n) is 74.0. The third-order valence-electron chi connectivity index (χ3n) is 26.3. The highest BCUT2D eigenvalue weighted by Gasteiger charge is 2.61. The number of hydrogen-bond donors (Lipinski definition) is 26. The smallest absolute Gasteiger partial charge is 0.312 e. The number of aliphatic hydroxyl groups is 23. The summed E-state index contributed by atoms with van der Waals surface area (Å²) in [5, 5.41) is 280. The first kappa shape index (κ1) is 105. The normalized spacial score (nSPS) is 44.9. The Kier molecular flexibility index (Phi) is 33.6. The van der Waals surface area contributed by atoms with Gasteiger partial charge in [-0.05, 0) is 44.5 Å². The van der Waals surface area contributed by atoms with Crippen LogP contribution >= 0.6 is 0 Å². The number of aliphatic hydroxyl groups excluding tert-OH is 23. The lowest BCUT2D eigenvalue weighted by atomic mass is 9.78. The summed E-state index contributed by atoms with van der Waals surface area (Å²) in [5.41, 5.74) is 2.18. The Morgan fingerprint density at radius 1 is 0.470 bits per heavy atom. The number of anilines is 1. The van der Waals surface area contributed by atoms with Crippen LogP contribution in [-0.4, -0.2) is 453 Å². The molecule has 18 bridgehead atoms. The number of carbonyl (C=O) groups is 3. The largest absolute Gasteiger partial charge is 0.507 e. The standard InChI is InChI=1S/C43H51N3O11.C42H70O35/c1-19-14-16-46-28(18-19)44-32-29-30-37(50)25(7)40-31(29)41(52)43(9,57-40)55-17-15-27(54-10)22(4)39(56-26(8)47)24(6)36(49)23(5)35(48)20(2)12-11-13-21(3)42(53)45-33(34(32)46)38(30)51;43-1-8-29-15(50)22(57)36(64-8)72-30-9(2-44)66-38(24(59)17(30)52)74-32-11(4-46)68-40(26(61)19(32)54)76-34-13(6-48)70-42(28(63)21(34)56)77-35-14(7-49)69-41(27(62)20(35)55)75-33-12(5-47)67-39(25(60)18(33)53)73-31-10(3-45)65-37(71-29)23(58)16(31)51/h11-18,20,22-24,27,35-36,39,48-51H,1-10H3,(H,45,53);8-63H,1-7H2/b12-11+,17-15+,21-13-;/t20-,22+,23+,24+,27-,35-,36+,39+,43-;8-,9-,10-,11-,12-,13-,14-,15-,16-,17-,18-,19-,20-,21-,22-,23-,24-,25-,26-,27-,28-,29-,30-,31-,32-,33-,34-,35-,36-,37-,38-,39-,40-,41-,42-/m01/s1. The van der Waals surface area contributed by atoms with Gasteiger partial charge in [0.2, 0.25) is 0 Å². The highest BCUT2D eigenvalue weighted by atomic mass is 16.8. The van der Waals surface area contributed by atoms with E-state index in [0.29, 0.717) is 5.65 Å². The fourth-order valence-electron chi connectivity index (χ4n) is 18.4. The number of Topliss-reactive ketones (excluding diaryl/α,β-unsaturated/α-hetero) is 1. The summed E-state index contributed by atoms with van der Waals surface area (Å²) in [6.45, 7) is 7.37. The zero-order chi connectivity index (χ0) is 97.9. The molecule has 2 aromatic carbocycles. The molecule has 27 rings (SSSR count). The van der Waals surface area contributed by atoms with E-state index in [1.807, 2.05) is 19.1 Å². The molecule has 2 aromatic heterocycles. The molecule has 752 valence electrons. The zero-order valence-corrected chi connectivity index (χ0v) is 74.0. The van der Waals surface area contributed by atoms with Gasteiger partial charge in [-0.2, -0.15) is 0 Å². The number of hydrogen-bond acceptors (Lipinski definition) is 47. The molecule has 44 atom stereocenters. The van der Waals surface area contributed by atoms with E-state index in [-0.39, 0.29) is 55.7 Å². The van der Waals surface area contributed by atoms with E-state index in [9.17, 15) is 142 Å². The van der Waals surface area contributed by atoms with Gasteiger partial charge < -0.3 is 218 Å². The molecule has 25 heterocycles. The van der Waals surface area contributed by atoms with Crippen molar-refractivity contribution in [2.75, 3.05) is 58.7 Å². The lowest BCUT2D eigenvalue weighted by Crippen LogP contribution is -2.68. The summed E-state index contributed by atoms with van der Waals surface area (Å²) in [6, 6.07) is 3.64. The molecule has 134 heavy (non-hydrogen) atoms. The number of nitrogens with zero attached hydrogens (tertiary/aromatic N) is 2.